The molecule has 0 radical (unpaired) electrons. The Morgan fingerprint density at radius 2 is 1.74 bits per heavy atom. The molecule has 1 aliphatic rings. The third-order valence-corrected chi connectivity index (χ3v) is 3.65. The van der Waals surface area contributed by atoms with Crippen LogP contribution >= 0.6 is 11.6 Å². The molecule has 0 spiro atoms. The van der Waals surface area contributed by atoms with Crippen molar-refractivity contribution in [2.45, 2.75) is 18.4 Å². The van der Waals surface area contributed by atoms with Gasteiger partial charge in [-0.3, -0.25) is 4.79 Å². The molecule has 2 atom stereocenters. The molecule has 1 fully saturated rings. The van der Waals surface area contributed by atoms with Crippen LogP contribution in [0.25, 0.3) is 0 Å². The van der Waals surface area contributed by atoms with Gasteiger partial charge in [0.25, 0.3) is 0 Å². The third-order valence-electron chi connectivity index (χ3n) is 3.42. The Kier molecular flexibility index (Phi) is 3.26. The highest BCUT2D eigenvalue weighted by atomic mass is 35.5. The van der Waals surface area contributed by atoms with Crippen molar-refractivity contribution in [3.63, 3.8) is 0 Å². The lowest BCUT2D eigenvalue weighted by atomic mass is 9.89. The van der Waals surface area contributed by atoms with Gasteiger partial charge in [0.05, 0.1) is 6.42 Å². The molecule has 0 N–H and O–H groups in total. The van der Waals surface area contributed by atoms with Gasteiger partial charge < -0.3 is 4.74 Å². The van der Waals surface area contributed by atoms with Crippen molar-refractivity contribution in [3.8, 4) is 0 Å². The number of carbonyl (C=O) groups excluding carboxylic acids is 1. The molecule has 3 heteroatoms. The quantitative estimate of drug-likeness (QED) is 0.769. The minimum absolute atomic E-state index is 0.0622. The smallest absolute Gasteiger partial charge is 0.307 e. The van der Waals surface area contributed by atoms with Crippen LogP contribution < -0.4 is 0 Å². The van der Waals surface area contributed by atoms with Crippen LogP contribution in [0.2, 0.25) is 5.02 Å². The summed E-state index contributed by atoms with van der Waals surface area (Å²) in [5.74, 6) is -0.0917. The van der Waals surface area contributed by atoms with Crippen LogP contribution in [-0.2, 0) is 9.53 Å². The Morgan fingerprint density at radius 3 is 2.47 bits per heavy atom. The molecule has 3 rings (SSSR count). The number of carbonyl (C=O) groups is 1. The lowest BCUT2D eigenvalue weighted by molar-refractivity contribution is -0.141. The van der Waals surface area contributed by atoms with E-state index in [2.05, 4.69) is 0 Å². The monoisotopic (exact) mass is 272 g/mol. The van der Waals surface area contributed by atoms with E-state index in [4.69, 9.17) is 16.3 Å². The van der Waals surface area contributed by atoms with Crippen LogP contribution in [0.15, 0.2) is 54.6 Å². The number of ether oxygens (including phenoxy) is 1. The molecule has 1 saturated heterocycles. The first-order valence-corrected chi connectivity index (χ1v) is 6.62. The number of hydrogen-bond donors (Lipinski definition) is 0. The summed E-state index contributed by atoms with van der Waals surface area (Å²) >= 11 is 6.01. The van der Waals surface area contributed by atoms with Gasteiger partial charge in [0.15, 0.2) is 0 Å². The Bertz CT molecular complexity index is 595. The van der Waals surface area contributed by atoms with Gasteiger partial charge in [0.1, 0.15) is 6.10 Å². The Morgan fingerprint density at radius 1 is 1.00 bits per heavy atom. The van der Waals surface area contributed by atoms with Crippen LogP contribution in [0.5, 0.6) is 0 Å². The Labute approximate surface area is 117 Å². The first kappa shape index (κ1) is 12.2. The molecule has 0 aromatic heterocycles. The standard InChI is InChI=1S/C16H13ClO2/c17-13-8-4-7-12(9-13)16-14(10-15(18)19-16)11-5-2-1-3-6-11/h1-9,14,16H,10H2/t14-,16?/m1/s1. The highest BCUT2D eigenvalue weighted by molar-refractivity contribution is 6.30. The number of hydrogen-bond acceptors (Lipinski definition) is 2. The summed E-state index contributed by atoms with van der Waals surface area (Å²) < 4.78 is 5.47. The number of rotatable bonds is 2. The summed E-state index contributed by atoms with van der Waals surface area (Å²) in [5, 5.41) is 0.660. The summed E-state index contributed by atoms with van der Waals surface area (Å²) in [5.41, 5.74) is 2.07. The van der Waals surface area contributed by atoms with Crippen molar-refractivity contribution in [3.05, 3.63) is 70.7 Å². The van der Waals surface area contributed by atoms with Crippen molar-refractivity contribution in [2.24, 2.45) is 0 Å². The maximum Gasteiger partial charge on any atom is 0.307 e. The predicted molar refractivity (Wildman–Crippen MR) is 74.1 cm³/mol. The molecule has 1 unspecified atom stereocenters. The molecule has 2 aromatic carbocycles. The second-order valence-corrected chi connectivity index (χ2v) is 5.12. The molecule has 0 bridgehead atoms. The molecule has 1 aliphatic heterocycles. The van der Waals surface area contributed by atoms with Gasteiger partial charge in [-0.1, -0.05) is 54.1 Å². The number of halogens is 1. The third kappa shape index (κ3) is 2.49. The number of cyclic esters (lactones) is 1. The molecular weight excluding hydrogens is 260 g/mol. The van der Waals surface area contributed by atoms with E-state index < -0.39 is 0 Å². The highest BCUT2D eigenvalue weighted by Gasteiger charge is 2.36. The van der Waals surface area contributed by atoms with Crippen molar-refractivity contribution in [2.75, 3.05) is 0 Å². The van der Waals surface area contributed by atoms with Gasteiger partial charge in [0.2, 0.25) is 0 Å². The zero-order valence-corrected chi connectivity index (χ0v) is 11.0. The van der Waals surface area contributed by atoms with E-state index in [1.165, 1.54) is 0 Å². The van der Waals surface area contributed by atoms with Crippen LogP contribution in [0.4, 0.5) is 0 Å². The molecular formula is C16H13ClO2. The second kappa shape index (κ2) is 5.06. The summed E-state index contributed by atoms with van der Waals surface area (Å²) in [6.07, 6.45) is 0.176. The Hall–Kier alpha value is -1.80. The first-order valence-electron chi connectivity index (χ1n) is 6.24. The van der Waals surface area contributed by atoms with Gasteiger partial charge in [-0.2, -0.15) is 0 Å². The number of esters is 1. The average Bonchev–Trinajstić information content (AvgIpc) is 2.82. The summed E-state index contributed by atoms with van der Waals surface area (Å²) in [4.78, 5) is 11.6. The zero-order valence-electron chi connectivity index (χ0n) is 10.3. The van der Waals surface area contributed by atoms with Crippen molar-refractivity contribution >= 4 is 17.6 Å². The van der Waals surface area contributed by atoms with Gasteiger partial charge in [-0.25, -0.2) is 0 Å². The molecule has 0 aliphatic carbocycles. The van der Waals surface area contributed by atoms with Crippen LogP contribution in [-0.4, -0.2) is 5.97 Å². The van der Waals surface area contributed by atoms with E-state index in [0.29, 0.717) is 11.4 Å². The average molecular weight is 273 g/mol. The molecule has 96 valence electrons. The van der Waals surface area contributed by atoms with Crippen molar-refractivity contribution in [1.82, 2.24) is 0 Å². The lowest BCUT2D eigenvalue weighted by Crippen LogP contribution is -2.06. The van der Waals surface area contributed by atoms with E-state index in [-0.39, 0.29) is 18.0 Å². The molecule has 1 heterocycles. The molecule has 2 aromatic rings. The Balaban J connectivity index is 1.97. The van der Waals surface area contributed by atoms with E-state index in [0.717, 1.165) is 11.1 Å². The van der Waals surface area contributed by atoms with Crippen LogP contribution in [0.1, 0.15) is 29.6 Å². The summed E-state index contributed by atoms with van der Waals surface area (Å²) in [6, 6.07) is 17.5. The molecule has 0 amide bonds. The SMILES string of the molecule is O=C1C[C@H](c2ccccc2)C(c2cccc(Cl)c2)O1. The second-order valence-electron chi connectivity index (χ2n) is 4.69. The topological polar surface area (TPSA) is 26.3 Å². The fraction of sp³-hybridized carbons (Fsp3) is 0.188. The lowest BCUT2D eigenvalue weighted by Gasteiger charge is -2.18. The van der Waals surface area contributed by atoms with Gasteiger partial charge in [-0.15, -0.1) is 0 Å². The van der Waals surface area contributed by atoms with Crippen molar-refractivity contribution in [1.29, 1.82) is 0 Å². The van der Waals surface area contributed by atoms with E-state index in [9.17, 15) is 4.79 Å². The van der Waals surface area contributed by atoms with Gasteiger partial charge in [0, 0.05) is 10.9 Å². The highest BCUT2D eigenvalue weighted by Crippen LogP contribution is 2.42. The van der Waals surface area contributed by atoms with Crippen LogP contribution in [0, 0.1) is 0 Å². The van der Waals surface area contributed by atoms with E-state index in [1.807, 2.05) is 54.6 Å². The minimum atomic E-state index is -0.242. The fourth-order valence-corrected chi connectivity index (χ4v) is 2.73. The molecule has 19 heavy (non-hydrogen) atoms. The maximum atomic E-state index is 11.6. The number of benzene rings is 2. The molecule has 2 nitrogen and oxygen atoms in total. The first-order chi connectivity index (χ1) is 9.24. The normalized spacial score (nSPS) is 22.3. The minimum Gasteiger partial charge on any atom is -0.457 e. The van der Waals surface area contributed by atoms with Crippen LogP contribution in [0.3, 0.4) is 0 Å². The van der Waals surface area contributed by atoms with Crippen molar-refractivity contribution < 1.29 is 9.53 Å². The zero-order chi connectivity index (χ0) is 13.2. The maximum absolute atomic E-state index is 11.6. The fourth-order valence-electron chi connectivity index (χ4n) is 2.54. The molecule has 0 saturated carbocycles. The van der Waals surface area contributed by atoms with Gasteiger partial charge >= 0.3 is 5.97 Å². The van der Waals surface area contributed by atoms with E-state index >= 15 is 0 Å². The summed E-state index contributed by atoms with van der Waals surface area (Å²) in [6.45, 7) is 0. The van der Waals surface area contributed by atoms with Gasteiger partial charge in [-0.05, 0) is 23.3 Å². The largest absolute Gasteiger partial charge is 0.457 e. The van der Waals surface area contributed by atoms with E-state index in [1.54, 1.807) is 0 Å². The summed E-state index contributed by atoms with van der Waals surface area (Å²) in [7, 11) is 0. The predicted octanol–water partition coefficient (Wildman–Crippen LogP) is 4.11.